The van der Waals surface area contributed by atoms with E-state index in [1.807, 2.05) is 0 Å². The molecule has 0 aliphatic carbocycles. The van der Waals surface area contributed by atoms with Crippen LogP contribution in [0.2, 0.25) is 5.02 Å². The van der Waals surface area contributed by atoms with Crippen molar-refractivity contribution in [1.82, 2.24) is 9.29 Å². The van der Waals surface area contributed by atoms with Gasteiger partial charge in [0.2, 0.25) is 10.0 Å². The summed E-state index contributed by atoms with van der Waals surface area (Å²) in [6.45, 7) is 1.80. The Morgan fingerprint density at radius 3 is 2.43 bits per heavy atom. The van der Waals surface area contributed by atoms with Crippen molar-refractivity contribution in [2.24, 2.45) is 0 Å². The number of nitrogens with zero attached hydrogens (tertiary/aromatic N) is 2. The van der Waals surface area contributed by atoms with Crippen LogP contribution >= 0.6 is 11.6 Å². The SMILES string of the molecule is CC(c1ccncc1)N(C)S(=O)(=O)c1ccc(Cl)cc1N. The number of aromatic nitrogens is 1. The van der Waals surface area contributed by atoms with Gasteiger partial charge in [0.15, 0.2) is 0 Å². The summed E-state index contributed by atoms with van der Waals surface area (Å²) in [5.74, 6) is 0. The number of pyridine rings is 1. The highest BCUT2D eigenvalue weighted by molar-refractivity contribution is 7.89. The van der Waals surface area contributed by atoms with E-state index in [0.717, 1.165) is 5.56 Å². The molecule has 2 aromatic rings. The van der Waals surface area contributed by atoms with E-state index in [-0.39, 0.29) is 16.6 Å². The number of benzene rings is 1. The largest absolute Gasteiger partial charge is 0.398 e. The number of hydrogen-bond acceptors (Lipinski definition) is 4. The van der Waals surface area contributed by atoms with Gasteiger partial charge in [-0.3, -0.25) is 4.98 Å². The van der Waals surface area contributed by atoms with Gasteiger partial charge in [0.25, 0.3) is 0 Å². The Kier molecular flexibility index (Phi) is 4.51. The summed E-state index contributed by atoms with van der Waals surface area (Å²) in [6, 6.07) is 7.58. The van der Waals surface area contributed by atoms with Crippen LogP contribution in [0, 0.1) is 0 Å². The Bertz CT molecular complexity index is 735. The topological polar surface area (TPSA) is 76.3 Å². The highest BCUT2D eigenvalue weighted by Crippen LogP contribution is 2.29. The van der Waals surface area contributed by atoms with Crippen LogP contribution < -0.4 is 5.73 Å². The average molecular weight is 326 g/mol. The summed E-state index contributed by atoms with van der Waals surface area (Å²) >= 11 is 5.81. The molecule has 0 bridgehead atoms. The fourth-order valence-corrected chi connectivity index (χ4v) is 3.60. The molecule has 21 heavy (non-hydrogen) atoms. The van der Waals surface area contributed by atoms with Crippen molar-refractivity contribution in [2.75, 3.05) is 12.8 Å². The zero-order chi connectivity index (χ0) is 15.6. The van der Waals surface area contributed by atoms with Crippen molar-refractivity contribution in [3.05, 3.63) is 53.3 Å². The molecule has 2 N–H and O–H groups in total. The minimum Gasteiger partial charge on any atom is -0.398 e. The van der Waals surface area contributed by atoms with Gasteiger partial charge in [-0.2, -0.15) is 4.31 Å². The van der Waals surface area contributed by atoms with Gasteiger partial charge in [-0.25, -0.2) is 8.42 Å². The number of sulfonamides is 1. The highest BCUT2D eigenvalue weighted by atomic mass is 35.5. The Labute approximate surface area is 129 Å². The predicted octanol–water partition coefficient (Wildman–Crippen LogP) is 2.70. The molecule has 0 amide bonds. The van der Waals surface area contributed by atoms with Gasteiger partial charge in [-0.1, -0.05) is 11.6 Å². The van der Waals surface area contributed by atoms with E-state index in [2.05, 4.69) is 4.98 Å². The zero-order valence-electron chi connectivity index (χ0n) is 11.7. The molecule has 1 aromatic heterocycles. The van der Waals surface area contributed by atoms with Crippen LogP contribution in [0.3, 0.4) is 0 Å². The maximum Gasteiger partial charge on any atom is 0.245 e. The van der Waals surface area contributed by atoms with Crippen LogP contribution in [0.15, 0.2) is 47.6 Å². The maximum absolute atomic E-state index is 12.7. The standard InChI is InChI=1S/C14H16ClN3O2S/c1-10(11-5-7-17-8-6-11)18(2)21(19,20)14-4-3-12(15)9-13(14)16/h3-10H,16H2,1-2H3. The minimum absolute atomic E-state index is 0.0512. The molecule has 112 valence electrons. The Morgan fingerprint density at radius 1 is 1.24 bits per heavy atom. The van der Waals surface area contributed by atoms with Crippen molar-refractivity contribution in [3.8, 4) is 0 Å². The van der Waals surface area contributed by atoms with Gasteiger partial charge in [-0.15, -0.1) is 0 Å². The smallest absolute Gasteiger partial charge is 0.245 e. The fourth-order valence-electron chi connectivity index (χ4n) is 1.97. The summed E-state index contributed by atoms with van der Waals surface area (Å²) in [7, 11) is -2.18. The van der Waals surface area contributed by atoms with Gasteiger partial charge >= 0.3 is 0 Å². The molecular formula is C14H16ClN3O2S. The number of nitrogens with two attached hydrogens (primary N) is 1. The molecular weight excluding hydrogens is 310 g/mol. The second-order valence-electron chi connectivity index (χ2n) is 4.66. The Balaban J connectivity index is 2.39. The lowest BCUT2D eigenvalue weighted by Crippen LogP contribution is -2.30. The van der Waals surface area contributed by atoms with Crippen molar-refractivity contribution in [3.63, 3.8) is 0 Å². The second-order valence-corrected chi connectivity index (χ2v) is 7.06. The molecule has 1 aromatic carbocycles. The van der Waals surface area contributed by atoms with Crippen molar-refractivity contribution in [2.45, 2.75) is 17.9 Å². The van der Waals surface area contributed by atoms with Crippen LogP contribution in [0.1, 0.15) is 18.5 Å². The number of halogens is 1. The van der Waals surface area contributed by atoms with Crippen molar-refractivity contribution < 1.29 is 8.42 Å². The first kappa shape index (κ1) is 15.8. The summed E-state index contributed by atoms with van der Waals surface area (Å²) in [5, 5.41) is 0.399. The molecule has 0 radical (unpaired) electrons. The molecule has 2 rings (SSSR count). The minimum atomic E-state index is -3.70. The normalized spacial score (nSPS) is 13.3. The van der Waals surface area contributed by atoms with E-state index in [1.165, 1.54) is 29.6 Å². The van der Waals surface area contributed by atoms with Gasteiger partial charge in [0.05, 0.1) is 5.69 Å². The quantitative estimate of drug-likeness (QED) is 0.877. The average Bonchev–Trinajstić information content (AvgIpc) is 2.46. The lowest BCUT2D eigenvalue weighted by molar-refractivity contribution is 0.398. The lowest BCUT2D eigenvalue weighted by atomic mass is 10.1. The van der Waals surface area contributed by atoms with E-state index in [0.29, 0.717) is 5.02 Å². The molecule has 0 fully saturated rings. The second kappa shape index (κ2) is 6.01. The van der Waals surface area contributed by atoms with Crippen LogP contribution in [-0.2, 0) is 10.0 Å². The Hall–Kier alpha value is -1.63. The first-order valence-corrected chi connectivity index (χ1v) is 8.09. The molecule has 7 heteroatoms. The number of hydrogen-bond donors (Lipinski definition) is 1. The van der Waals surface area contributed by atoms with E-state index < -0.39 is 10.0 Å². The van der Waals surface area contributed by atoms with Crippen LogP contribution in [0.25, 0.3) is 0 Å². The van der Waals surface area contributed by atoms with Gasteiger partial charge < -0.3 is 5.73 Å². The molecule has 5 nitrogen and oxygen atoms in total. The van der Waals surface area contributed by atoms with E-state index in [9.17, 15) is 8.42 Å². The summed E-state index contributed by atoms with van der Waals surface area (Å²) in [5.41, 5.74) is 6.77. The first-order valence-electron chi connectivity index (χ1n) is 6.27. The first-order chi connectivity index (χ1) is 9.84. The van der Waals surface area contributed by atoms with Crippen LogP contribution in [-0.4, -0.2) is 24.8 Å². The van der Waals surface area contributed by atoms with Gasteiger partial charge in [0, 0.05) is 30.5 Å². The Morgan fingerprint density at radius 2 is 1.86 bits per heavy atom. The van der Waals surface area contributed by atoms with Crippen LogP contribution in [0.5, 0.6) is 0 Å². The zero-order valence-corrected chi connectivity index (χ0v) is 13.3. The molecule has 0 aliphatic rings. The van der Waals surface area contributed by atoms with E-state index >= 15 is 0 Å². The van der Waals surface area contributed by atoms with Crippen LogP contribution in [0.4, 0.5) is 5.69 Å². The fraction of sp³-hybridized carbons (Fsp3) is 0.214. The van der Waals surface area contributed by atoms with Gasteiger partial charge in [0.1, 0.15) is 4.90 Å². The lowest BCUT2D eigenvalue weighted by Gasteiger charge is -2.25. The van der Waals surface area contributed by atoms with E-state index in [1.54, 1.807) is 31.5 Å². The van der Waals surface area contributed by atoms with Crippen molar-refractivity contribution >= 4 is 27.3 Å². The third-order valence-electron chi connectivity index (χ3n) is 3.36. The number of anilines is 1. The van der Waals surface area contributed by atoms with Gasteiger partial charge in [-0.05, 0) is 42.8 Å². The highest BCUT2D eigenvalue weighted by Gasteiger charge is 2.28. The van der Waals surface area contributed by atoms with Crippen molar-refractivity contribution in [1.29, 1.82) is 0 Å². The molecule has 1 heterocycles. The molecule has 1 atom stereocenters. The summed E-state index contributed by atoms with van der Waals surface area (Å²) < 4.78 is 26.6. The van der Waals surface area contributed by atoms with E-state index in [4.69, 9.17) is 17.3 Å². The maximum atomic E-state index is 12.7. The summed E-state index contributed by atoms with van der Waals surface area (Å²) in [6.07, 6.45) is 3.26. The molecule has 0 saturated heterocycles. The predicted molar refractivity (Wildman–Crippen MR) is 83.5 cm³/mol. The monoisotopic (exact) mass is 325 g/mol. The number of nitrogen functional groups attached to an aromatic ring is 1. The number of rotatable bonds is 4. The third kappa shape index (κ3) is 3.18. The molecule has 0 spiro atoms. The third-order valence-corrected chi connectivity index (χ3v) is 5.60. The molecule has 1 unspecified atom stereocenters. The molecule has 0 saturated carbocycles. The summed E-state index contributed by atoms with van der Waals surface area (Å²) in [4.78, 5) is 3.98. The molecule has 0 aliphatic heterocycles.